The number of Topliss-reactive ketones (excluding diaryl/α,β-unsaturated/α-hetero) is 1. The van der Waals surface area contributed by atoms with Crippen LogP contribution in [0.3, 0.4) is 0 Å². The van der Waals surface area contributed by atoms with Crippen LogP contribution in [0.5, 0.6) is 5.88 Å². The quantitative estimate of drug-likeness (QED) is 0.438. The number of imidazole rings is 1. The first-order valence-corrected chi connectivity index (χ1v) is 9.55. The Kier molecular flexibility index (Phi) is 4.09. The van der Waals surface area contributed by atoms with Crippen molar-refractivity contribution in [2.45, 2.75) is 25.8 Å². The third-order valence-electron chi connectivity index (χ3n) is 4.94. The number of hydrogen-bond acceptors (Lipinski definition) is 6. The zero-order valence-electron chi connectivity index (χ0n) is 16.1. The van der Waals surface area contributed by atoms with Crippen molar-refractivity contribution in [3.63, 3.8) is 0 Å². The molecule has 0 spiro atoms. The zero-order chi connectivity index (χ0) is 20.8. The molecule has 30 heavy (non-hydrogen) atoms. The third-order valence-corrected chi connectivity index (χ3v) is 4.94. The summed E-state index contributed by atoms with van der Waals surface area (Å²) in [6.45, 7) is 1.53. The average Bonchev–Trinajstić information content (AvgIpc) is 3.36. The van der Waals surface area contributed by atoms with Gasteiger partial charge in [0.1, 0.15) is 5.69 Å². The number of carbonyl (C=O) groups excluding carboxylic acids is 1. The number of nitrogens with zero attached hydrogens (tertiary/aromatic N) is 4. The molecule has 9 nitrogen and oxygen atoms in total. The molecule has 0 bridgehead atoms. The van der Waals surface area contributed by atoms with Gasteiger partial charge in [0.25, 0.3) is 0 Å². The van der Waals surface area contributed by atoms with E-state index in [0.717, 1.165) is 18.4 Å². The predicted molar refractivity (Wildman–Crippen MR) is 109 cm³/mol. The summed E-state index contributed by atoms with van der Waals surface area (Å²) in [5.41, 5.74) is 2.98. The molecule has 9 heteroatoms. The van der Waals surface area contributed by atoms with Gasteiger partial charge in [-0.15, -0.1) is 0 Å². The van der Waals surface area contributed by atoms with Gasteiger partial charge in [-0.05, 0) is 31.9 Å². The summed E-state index contributed by atoms with van der Waals surface area (Å²) < 4.78 is 1.64. The Labute approximate surface area is 169 Å². The summed E-state index contributed by atoms with van der Waals surface area (Å²) in [5, 5.41) is 14.9. The van der Waals surface area contributed by atoms with E-state index in [2.05, 4.69) is 15.1 Å². The van der Waals surface area contributed by atoms with Crippen molar-refractivity contribution >= 4 is 17.5 Å². The van der Waals surface area contributed by atoms with Crippen LogP contribution in [0.1, 0.15) is 35.8 Å². The fourth-order valence-electron chi connectivity index (χ4n) is 3.24. The molecule has 0 saturated heterocycles. The normalized spacial score (nSPS) is 15.2. The van der Waals surface area contributed by atoms with Crippen LogP contribution >= 0.6 is 0 Å². The molecule has 1 fully saturated rings. The maximum Gasteiger partial charge on any atom is 0.326 e. The highest BCUT2D eigenvalue weighted by Gasteiger charge is 2.20. The summed E-state index contributed by atoms with van der Waals surface area (Å²) in [7, 11) is 0. The molecule has 1 aliphatic carbocycles. The van der Waals surface area contributed by atoms with Gasteiger partial charge in [-0.2, -0.15) is 9.61 Å². The van der Waals surface area contributed by atoms with Crippen LogP contribution in [-0.4, -0.2) is 41.5 Å². The molecule has 0 atom stereocenters. The number of aromatic amines is 2. The molecule has 1 saturated carbocycles. The van der Waals surface area contributed by atoms with E-state index in [4.69, 9.17) is 9.98 Å². The molecule has 0 radical (unpaired) electrons. The fourth-order valence-corrected chi connectivity index (χ4v) is 3.24. The highest BCUT2D eigenvalue weighted by Crippen LogP contribution is 2.23. The monoisotopic (exact) mass is 402 g/mol. The largest absolute Gasteiger partial charge is 0.493 e. The van der Waals surface area contributed by atoms with E-state index < -0.39 is 5.69 Å². The minimum absolute atomic E-state index is 0.0221. The molecule has 0 aliphatic heterocycles. The lowest BCUT2D eigenvalue weighted by Crippen LogP contribution is -2.19. The number of carbonyl (C=O) groups is 1. The second-order valence-corrected chi connectivity index (χ2v) is 7.32. The van der Waals surface area contributed by atoms with E-state index in [-0.39, 0.29) is 23.4 Å². The molecule has 0 unspecified atom stereocenters. The van der Waals surface area contributed by atoms with Gasteiger partial charge in [0, 0.05) is 22.4 Å². The Morgan fingerprint density at radius 3 is 2.83 bits per heavy atom. The van der Waals surface area contributed by atoms with Crippen molar-refractivity contribution in [3.8, 4) is 17.1 Å². The molecule has 4 aromatic rings. The molecule has 150 valence electrons. The standard InChI is InChI=1S/C21H18N6O3/c1-11(28)12-3-2-4-13(7-12)16-9-18(23-15-5-6-15)27-19(24-16)14(10-22-27)8-17-20(29)26-21(30)25-17/h2-4,7-10,15,29H,5-6H2,1H3,(H2,25,26,30). The summed E-state index contributed by atoms with van der Waals surface area (Å²) in [6, 6.07) is 9.41. The lowest BCUT2D eigenvalue weighted by molar-refractivity contribution is 0.101. The molecule has 5 rings (SSSR count). The second-order valence-electron chi connectivity index (χ2n) is 7.32. The molecule has 3 heterocycles. The summed E-state index contributed by atoms with van der Waals surface area (Å²) in [5.74, 6) is -0.279. The third kappa shape index (κ3) is 3.30. The van der Waals surface area contributed by atoms with Crippen molar-refractivity contribution in [3.05, 3.63) is 69.0 Å². The Balaban J connectivity index is 1.77. The number of nitrogens with one attached hydrogen (secondary N) is 2. The van der Waals surface area contributed by atoms with E-state index in [1.54, 1.807) is 28.9 Å². The SMILES string of the molecule is CC(=O)c1cccc(-c2cc(=NC3CC3)n3ncc(=Cc4[nH]c(=O)[nH]c4O)c3n2)c1. The highest BCUT2D eigenvalue weighted by atomic mass is 16.3. The van der Waals surface area contributed by atoms with Gasteiger partial charge < -0.3 is 10.1 Å². The number of benzene rings is 1. The Morgan fingerprint density at radius 2 is 2.13 bits per heavy atom. The minimum atomic E-state index is -0.505. The van der Waals surface area contributed by atoms with Crippen LogP contribution < -0.4 is 16.4 Å². The fraction of sp³-hybridized carbons (Fsp3) is 0.190. The van der Waals surface area contributed by atoms with Crippen molar-refractivity contribution in [1.29, 1.82) is 0 Å². The molecule has 3 N–H and O–H groups in total. The Bertz CT molecular complexity index is 1470. The molecular weight excluding hydrogens is 384 g/mol. The number of fused-ring (bicyclic) bond motifs is 1. The van der Waals surface area contributed by atoms with Crippen LogP contribution in [0.4, 0.5) is 0 Å². The molecule has 3 aromatic heterocycles. The van der Waals surface area contributed by atoms with E-state index in [9.17, 15) is 14.7 Å². The highest BCUT2D eigenvalue weighted by molar-refractivity contribution is 5.95. The first kappa shape index (κ1) is 18.0. The molecule has 1 aliphatic rings. The first-order chi connectivity index (χ1) is 14.5. The van der Waals surface area contributed by atoms with E-state index in [0.29, 0.717) is 27.6 Å². The number of aromatic hydroxyl groups is 1. The summed E-state index contributed by atoms with van der Waals surface area (Å²) in [4.78, 5) is 37.5. The topological polar surface area (TPSA) is 128 Å². The van der Waals surface area contributed by atoms with Crippen molar-refractivity contribution in [2.24, 2.45) is 4.99 Å². The van der Waals surface area contributed by atoms with Crippen LogP contribution in [0, 0.1) is 0 Å². The van der Waals surface area contributed by atoms with Crippen LogP contribution in [0.15, 0.2) is 46.3 Å². The Morgan fingerprint density at radius 1 is 1.30 bits per heavy atom. The zero-order valence-corrected chi connectivity index (χ0v) is 16.1. The lowest BCUT2D eigenvalue weighted by Gasteiger charge is -2.04. The van der Waals surface area contributed by atoms with Gasteiger partial charge in [0.05, 0.1) is 17.9 Å². The lowest BCUT2D eigenvalue weighted by atomic mass is 10.1. The van der Waals surface area contributed by atoms with Gasteiger partial charge in [0.15, 0.2) is 16.9 Å². The van der Waals surface area contributed by atoms with E-state index in [1.807, 2.05) is 18.2 Å². The number of H-pyrrole nitrogens is 2. The molecule has 1 aromatic carbocycles. The van der Waals surface area contributed by atoms with Crippen molar-refractivity contribution < 1.29 is 9.90 Å². The van der Waals surface area contributed by atoms with Gasteiger partial charge >= 0.3 is 5.69 Å². The van der Waals surface area contributed by atoms with Gasteiger partial charge in [-0.1, -0.05) is 18.2 Å². The average molecular weight is 402 g/mol. The molecule has 0 amide bonds. The van der Waals surface area contributed by atoms with Gasteiger partial charge in [-0.3, -0.25) is 14.8 Å². The molecular formula is C21H18N6O3. The number of ketones is 1. The smallest absolute Gasteiger partial charge is 0.326 e. The summed E-state index contributed by atoms with van der Waals surface area (Å²) in [6.07, 6.45) is 5.28. The maximum atomic E-state index is 11.8. The van der Waals surface area contributed by atoms with Crippen LogP contribution in [0.25, 0.3) is 23.0 Å². The van der Waals surface area contributed by atoms with Gasteiger partial charge in [-0.25, -0.2) is 9.78 Å². The minimum Gasteiger partial charge on any atom is -0.493 e. The number of aromatic nitrogens is 5. The number of hydrogen-bond donors (Lipinski definition) is 3. The van der Waals surface area contributed by atoms with Crippen molar-refractivity contribution in [2.75, 3.05) is 0 Å². The van der Waals surface area contributed by atoms with Crippen LogP contribution in [0.2, 0.25) is 0 Å². The summed E-state index contributed by atoms with van der Waals surface area (Å²) >= 11 is 0. The predicted octanol–water partition coefficient (Wildman–Crippen LogP) is 0.932. The van der Waals surface area contributed by atoms with E-state index >= 15 is 0 Å². The van der Waals surface area contributed by atoms with Gasteiger partial charge in [0.2, 0.25) is 5.88 Å². The Hall–Kier alpha value is -4.01. The maximum absolute atomic E-state index is 11.8. The van der Waals surface area contributed by atoms with Crippen molar-refractivity contribution in [1.82, 2.24) is 24.6 Å². The van der Waals surface area contributed by atoms with Crippen LogP contribution in [-0.2, 0) is 0 Å². The number of rotatable bonds is 4. The van der Waals surface area contributed by atoms with E-state index in [1.165, 1.54) is 6.92 Å². The first-order valence-electron chi connectivity index (χ1n) is 9.55. The second kappa shape index (κ2) is 6.80.